The van der Waals surface area contributed by atoms with Gasteiger partial charge in [0, 0.05) is 38.8 Å². The van der Waals surface area contributed by atoms with Crippen LogP contribution < -0.4 is 11.2 Å². The monoisotopic (exact) mass is 378 g/mol. The smallest absolute Gasteiger partial charge is 0.307 e. The van der Waals surface area contributed by atoms with Gasteiger partial charge in [0.15, 0.2) is 0 Å². The van der Waals surface area contributed by atoms with Gasteiger partial charge in [-0.05, 0) is 31.2 Å². The van der Waals surface area contributed by atoms with E-state index in [1.807, 2.05) is 18.2 Å². The molecule has 6 nitrogen and oxygen atoms in total. The van der Waals surface area contributed by atoms with Gasteiger partial charge in [-0.2, -0.15) is 0 Å². The summed E-state index contributed by atoms with van der Waals surface area (Å²) in [6.07, 6.45) is 0.758. The Balaban J connectivity index is 1.49. The number of hydrogen-bond acceptors (Lipinski definition) is 4. The SMILES string of the molecule is CN1CCN(CCCn2c(=O)[nH]c3ccccc3c2=O)[C@H](c2ccccc2)C1. The average molecular weight is 378 g/mol. The lowest BCUT2D eigenvalue weighted by atomic mass is 10.0. The summed E-state index contributed by atoms with van der Waals surface area (Å²) in [5.74, 6) is 0. The third-order valence-electron chi connectivity index (χ3n) is 5.60. The van der Waals surface area contributed by atoms with Crippen molar-refractivity contribution in [2.45, 2.75) is 19.0 Å². The zero-order chi connectivity index (χ0) is 19.5. The van der Waals surface area contributed by atoms with Crippen LogP contribution in [-0.4, -0.2) is 52.6 Å². The van der Waals surface area contributed by atoms with E-state index in [4.69, 9.17) is 0 Å². The molecule has 1 aliphatic heterocycles. The van der Waals surface area contributed by atoms with E-state index in [0.717, 1.165) is 32.6 Å². The number of rotatable bonds is 5. The third kappa shape index (κ3) is 3.79. The topological polar surface area (TPSA) is 61.3 Å². The van der Waals surface area contributed by atoms with Crippen LogP contribution in [0.15, 0.2) is 64.2 Å². The molecule has 1 aliphatic rings. The van der Waals surface area contributed by atoms with Gasteiger partial charge in [0.2, 0.25) is 0 Å². The van der Waals surface area contributed by atoms with Gasteiger partial charge in [-0.3, -0.25) is 14.3 Å². The fourth-order valence-corrected chi connectivity index (χ4v) is 4.05. The first-order valence-corrected chi connectivity index (χ1v) is 9.83. The molecule has 2 heterocycles. The van der Waals surface area contributed by atoms with E-state index in [0.29, 0.717) is 23.5 Å². The Morgan fingerprint density at radius 1 is 0.964 bits per heavy atom. The number of nitrogens with one attached hydrogen (secondary N) is 1. The van der Waals surface area contributed by atoms with Crippen LogP contribution in [0.1, 0.15) is 18.0 Å². The second-order valence-electron chi connectivity index (χ2n) is 7.51. The van der Waals surface area contributed by atoms with Gasteiger partial charge < -0.3 is 9.88 Å². The predicted molar refractivity (Wildman–Crippen MR) is 112 cm³/mol. The maximum atomic E-state index is 12.7. The number of benzene rings is 2. The summed E-state index contributed by atoms with van der Waals surface area (Å²) in [6, 6.07) is 18.1. The van der Waals surface area contributed by atoms with Crippen LogP contribution in [0.3, 0.4) is 0 Å². The summed E-state index contributed by atoms with van der Waals surface area (Å²) in [4.78, 5) is 32.7. The van der Waals surface area contributed by atoms with Crippen LogP contribution in [0.5, 0.6) is 0 Å². The van der Waals surface area contributed by atoms with Crippen LogP contribution in [0.25, 0.3) is 10.9 Å². The van der Waals surface area contributed by atoms with Crippen LogP contribution in [-0.2, 0) is 6.54 Å². The summed E-state index contributed by atoms with van der Waals surface area (Å²) in [7, 11) is 2.15. The minimum Gasteiger partial charge on any atom is -0.307 e. The molecule has 0 unspecified atom stereocenters. The van der Waals surface area contributed by atoms with E-state index in [9.17, 15) is 9.59 Å². The number of piperazine rings is 1. The minimum atomic E-state index is -0.332. The zero-order valence-corrected chi connectivity index (χ0v) is 16.2. The molecule has 1 atom stereocenters. The molecule has 0 aliphatic carbocycles. The first kappa shape index (κ1) is 18.7. The van der Waals surface area contributed by atoms with Gasteiger partial charge in [0.1, 0.15) is 0 Å². The van der Waals surface area contributed by atoms with Crippen LogP contribution >= 0.6 is 0 Å². The Morgan fingerprint density at radius 2 is 1.71 bits per heavy atom. The lowest BCUT2D eigenvalue weighted by Crippen LogP contribution is -2.47. The lowest BCUT2D eigenvalue weighted by molar-refractivity contribution is 0.0875. The van der Waals surface area contributed by atoms with Gasteiger partial charge in [0.05, 0.1) is 10.9 Å². The van der Waals surface area contributed by atoms with Gasteiger partial charge in [-0.1, -0.05) is 42.5 Å². The number of aromatic nitrogens is 2. The second kappa shape index (κ2) is 8.12. The van der Waals surface area contributed by atoms with Crippen molar-refractivity contribution in [3.63, 3.8) is 0 Å². The van der Waals surface area contributed by atoms with Gasteiger partial charge in [0.25, 0.3) is 5.56 Å². The number of para-hydroxylation sites is 1. The Morgan fingerprint density at radius 3 is 2.54 bits per heavy atom. The summed E-state index contributed by atoms with van der Waals surface area (Å²) in [5, 5.41) is 0.559. The van der Waals surface area contributed by atoms with Gasteiger partial charge >= 0.3 is 5.69 Å². The Kier molecular flexibility index (Phi) is 5.41. The van der Waals surface area contributed by atoms with E-state index in [1.165, 1.54) is 10.1 Å². The fraction of sp³-hybridized carbons (Fsp3) is 0.364. The molecular formula is C22H26N4O2. The maximum Gasteiger partial charge on any atom is 0.328 e. The molecule has 1 N–H and O–H groups in total. The molecule has 0 amide bonds. The Bertz CT molecular complexity index is 1060. The number of likely N-dealkylation sites (N-methyl/N-ethyl adjacent to an activating group) is 1. The van der Waals surface area contributed by atoms with Crippen molar-refractivity contribution in [2.24, 2.45) is 0 Å². The number of aromatic amines is 1. The molecule has 1 fully saturated rings. The Labute approximate surface area is 164 Å². The highest BCUT2D eigenvalue weighted by Crippen LogP contribution is 2.24. The second-order valence-corrected chi connectivity index (χ2v) is 7.51. The summed E-state index contributed by atoms with van der Waals surface area (Å²) >= 11 is 0. The van der Waals surface area contributed by atoms with Crippen molar-refractivity contribution in [1.82, 2.24) is 19.4 Å². The van der Waals surface area contributed by atoms with E-state index < -0.39 is 0 Å². The van der Waals surface area contributed by atoms with Gasteiger partial charge in [-0.15, -0.1) is 0 Å². The van der Waals surface area contributed by atoms with E-state index in [-0.39, 0.29) is 11.2 Å². The number of nitrogens with zero attached hydrogens (tertiary/aromatic N) is 3. The molecule has 3 aromatic rings. The highest BCUT2D eigenvalue weighted by molar-refractivity contribution is 5.76. The van der Waals surface area contributed by atoms with Crippen molar-refractivity contribution >= 4 is 10.9 Å². The first-order valence-electron chi connectivity index (χ1n) is 9.83. The highest BCUT2D eigenvalue weighted by atomic mass is 16.2. The molecule has 4 rings (SSSR count). The minimum absolute atomic E-state index is 0.211. The number of hydrogen-bond donors (Lipinski definition) is 1. The largest absolute Gasteiger partial charge is 0.328 e. The van der Waals surface area contributed by atoms with Crippen molar-refractivity contribution < 1.29 is 0 Å². The van der Waals surface area contributed by atoms with Crippen LogP contribution in [0.4, 0.5) is 0 Å². The predicted octanol–water partition coefficient (Wildman–Crippen LogP) is 2.07. The molecule has 0 bridgehead atoms. The van der Waals surface area contributed by atoms with E-state index in [1.54, 1.807) is 12.1 Å². The molecule has 1 saturated heterocycles. The fourth-order valence-electron chi connectivity index (χ4n) is 4.05. The summed E-state index contributed by atoms with van der Waals surface area (Å²) in [5.41, 5.74) is 1.37. The highest BCUT2D eigenvalue weighted by Gasteiger charge is 2.26. The van der Waals surface area contributed by atoms with Crippen molar-refractivity contribution in [3.05, 3.63) is 81.0 Å². The molecule has 2 aromatic carbocycles. The number of H-pyrrole nitrogens is 1. The van der Waals surface area contributed by atoms with Gasteiger partial charge in [-0.25, -0.2) is 4.79 Å². The van der Waals surface area contributed by atoms with Crippen LogP contribution in [0, 0.1) is 0 Å². The van der Waals surface area contributed by atoms with Crippen molar-refractivity contribution in [2.75, 3.05) is 33.2 Å². The quantitative estimate of drug-likeness (QED) is 0.738. The zero-order valence-electron chi connectivity index (χ0n) is 16.2. The Hall–Kier alpha value is -2.70. The summed E-state index contributed by atoms with van der Waals surface area (Å²) in [6.45, 7) is 4.28. The lowest BCUT2D eigenvalue weighted by Gasteiger charge is -2.40. The molecule has 146 valence electrons. The average Bonchev–Trinajstić information content (AvgIpc) is 2.72. The van der Waals surface area contributed by atoms with Crippen LogP contribution in [0.2, 0.25) is 0 Å². The molecule has 1 aromatic heterocycles. The van der Waals surface area contributed by atoms with E-state index >= 15 is 0 Å². The van der Waals surface area contributed by atoms with E-state index in [2.05, 4.69) is 46.1 Å². The third-order valence-corrected chi connectivity index (χ3v) is 5.60. The molecular weight excluding hydrogens is 352 g/mol. The molecule has 0 radical (unpaired) electrons. The molecule has 0 spiro atoms. The van der Waals surface area contributed by atoms with Crippen molar-refractivity contribution in [3.8, 4) is 0 Å². The molecule has 0 saturated carbocycles. The normalized spacial score (nSPS) is 18.5. The summed E-state index contributed by atoms with van der Waals surface area (Å²) < 4.78 is 1.33. The van der Waals surface area contributed by atoms with Crippen molar-refractivity contribution in [1.29, 1.82) is 0 Å². The molecule has 28 heavy (non-hydrogen) atoms. The number of fused-ring (bicyclic) bond motifs is 1. The first-order chi connectivity index (χ1) is 13.6. The maximum absolute atomic E-state index is 12.7. The standard InChI is InChI=1S/C22H26N4O2/c1-24-14-15-25(20(16-24)17-8-3-2-4-9-17)12-7-13-26-21(27)18-10-5-6-11-19(18)23-22(26)28/h2-6,8-11,20H,7,12-16H2,1H3,(H,23,28)/t20-/m0/s1. The molecule has 6 heteroatoms.